The number of carbonyl (C=O) groups is 1. The summed E-state index contributed by atoms with van der Waals surface area (Å²) in [4.78, 5) is 11.8. The molecule has 0 atom stereocenters. The molecule has 0 bridgehead atoms. The molecule has 0 saturated carbocycles. The smallest absolute Gasteiger partial charge is 0.341 e. The van der Waals surface area contributed by atoms with E-state index in [0.717, 1.165) is 12.1 Å². The number of benzene rings is 2. The normalized spacial score (nSPS) is 10.2. The molecule has 110 valence electrons. The van der Waals surface area contributed by atoms with Crippen molar-refractivity contribution in [1.29, 1.82) is 0 Å². The second kappa shape index (κ2) is 6.45. The van der Waals surface area contributed by atoms with E-state index < -0.39 is 11.8 Å². The Morgan fingerprint density at radius 3 is 2.67 bits per heavy atom. The Bertz CT molecular complexity index is 676. The van der Waals surface area contributed by atoms with E-state index in [1.54, 1.807) is 13.0 Å². The Balaban J connectivity index is 2.38. The second-order valence-corrected chi connectivity index (χ2v) is 4.56. The van der Waals surface area contributed by atoms with Gasteiger partial charge in [-0.1, -0.05) is 11.6 Å². The maximum absolute atomic E-state index is 13.4. The molecule has 21 heavy (non-hydrogen) atoms. The molecule has 0 aliphatic heterocycles. The first-order valence-corrected chi connectivity index (χ1v) is 6.58. The molecular formula is C15H13ClFNO3. The lowest BCUT2D eigenvalue weighted by Gasteiger charge is -2.12. The van der Waals surface area contributed by atoms with Gasteiger partial charge in [-0.2, -0.15) is 0 Å². The molecule has 0 radical (unpaired) electrons. The summed E-state index contributed by atoms with van der Waals surface area (Å²) in [5.41, 5.74) is 6.18. The van der Waals surface area contributed by atoms with E-state index >= 15 is 0 Å². The van der Waals surface area contributed by atoms with Crippen LogP contribution < -0.4 is 10.5 Å². The zero-order chi connectivity index (χ0) is 15.4. The molecule has 0 heterocycles. The Labute approximate surface area is 126 Å². The summed E-state index contributed by atoms with van der Waals surface area (Å²) in [7, 11) is 0. The molecule has 2 rings (SSSR count). The molecule has 2 aromatic carbocycles. The van der Waals surface area contributed by atoms with Gasteiger partial charge in [-0.05, 0) is 37.3 Å². The molecule has 2 aromatic rings. The summed E-state index contributed by atoms with van der Waals surface area (Å²) < 4.78 is 23.8. The molecule has 2 N–H and O–H groups in total. The first kappa shape index (κ1) is 15.1. The Hall–Kier alpha value is -2.27. The predicted molar refractivity (Wildman–Crippen MR) is 78.3 cm³/mol. The van der Waals surface area contributed by atoms with Crippen molar-refractivity contribution in [1.82, 2.24) is 0 Å². The maximum Gasteiger partial charge on any atom is 0.341 e. The lowest BCUT2D eigenvalue weighted by molar-refractivity contribution is 0.0523. The number of hydrogen-bond donors (Lipinski definition) is 1. The molecule has 0 aliphatic rings. The van der Waals surface area contributed by atoms with Crippen molar-refractivity contribution >= 4 is 23.3 Å². The number of nitrogens with two attached hydrogens (primary N) is 1. The summed E-state index contributed by atoms with van der Waals surface area (Å²) in [6.45, 7) is 1.89. The van der Waals surface area contributed by atoms with Crippen LogP contribution >= 0.6 is 11.6 Å². The third-order valence-corrected chi connectivity index (χ3v) is 2.91. The summed E-state index contributed by atoms with van der Waals surface area (Å²) >= 11 is 6.00. The highest BCUT2D eigenvalue weighted by molar-refractivity contribution is 6.32. The van der Waals surface area contributed by atoms with E-state index in [4.69, 9.17) is 26.8 Å². The van der Waals surface area contributed by atoms with Crippen LogP contribution in [0, 0.1) is 5.82 Å². The highest BCUT2D eigenvalue weighted by Gasteiger charge is 2.16. The molecule has 6 heteroatoms. The third-order valence-electron chi connectivity index (χ3n) is 2.61. The predicted octanol–water partition coefficient (Wildman–Crippen LogP) is 4.03. The summed E-state index contributed by atoms with van der Waals surface area (Å²) in [6, 6.07) is 8.18. The van der Waals surface area contributed by atoms with Crippen molar-refractivity contribution in [2.24, 2.45) is 0 Å². The van der Waals surface area contributed by atoms with E-state index in [9.17, 15) is 9.18 Å². The van der Waals surface area contributed by atoms with Crippen molar-refractivity contribution < 1.29 is 18.7 Å². The number of hydrogen-bond acceptors (Lipinski definition) is 4. The first-order valence-electron chi connectivity index (χ1n) is 6.20. The van der Waals surface area contributed by atoms with Crippen molar-refractivity contribution in [3.05, 3.63) is 52.8 Å². The van der Waals surface area contributed by atoms with Gasteiger partial charge in [0.1, 0.15) is 22.9 Å². The lowest BCUT2D eigenvalue weighted by Crippen LogP contribution is -2.06. The summed E-state index contributed by atoms with van der Waals surface area (Å²) in [5.74, 6) is -0.842. The van der Waals surface area contributed by atoms with Crippen LogP contribution in [0.5, 0.6) is 11.5 Å². The molecule has 0 aliphatic carbocycles. The van der Waals surface area contributed by atoms with Gasteiger partial charge in [-0.15, -0.1) is 0 Å². The van der Waals surface area contributed by atoms with E-state index in [1.165, 1.54) is 18.2 Å². The largest absolute Gasteiger partial charge is 0.462 e. The minimum atomic E-state index is -0.598. The van der Waals surface area contributed by atoms with Crippen LogP contribution in [0.2, 0.25) is 5.02 Å². The van der Waals surface area contributed by atoms with Gasteiger partial charge in [0.15, 0.2) is 0 Å². The van der Waals surface area contributed by atoms with Crippen LogP contribution in [0.15, 0.2) is 36.4 Å². The van der Waals surface area contributed by atoms with Crippen LogP contribution in [0.1, 0.15) is 17.3 Å². The van der Waals surface area contributed by atoms with Crippen LogP contribution in [-0.4, -0.2) is 12.6 Å². The molecule has 0 fully saturated rings. The number of carbonyl (C=O) groups excluding carboxylic acids is 1. The number of rotatable bonds is 4. The minimum absolute atomic E-state index is 0.0279. The fourth-order valence-corrected chi connectivity index (χ4v) is 1.90. The summed E-state index contributed by atoms with van der Waals surface area (Å²) in [5, 5.41) is 0.258. The molecule has 0 unspecified atom stereocenters. The van der Waals surface area contributed by atoms with Gasteiger partial charge in [-0.3, -0.25) is 0 Å². The van der Waals surface area contributed by atoms with Crippen LogP contribution in [0.3, 0.4) is 0 Å². The zero-order valence-electron chi connectivity index (χ0n) is 11.2. The topological polar surface area (TPSA) is 61.5 Å². The lowest BCUT2D eigenvalue weighted by atomic mass is 10.2. The van der Waals surface area contributed by atoms with E-state index in [0.29, 0.717) is 5.69 Å². The third kappa shape index (κ3) is 3.64. The average Bonchev–Trinajstić information content (AvgIpc) is 2.42. The molecule has 0 saturated heterocycles. The van der Waals surface area contributed by atoms with Gasteiger partial charge < -0.3 is 15.2 Å². The van der Waals surface area contributed by atoms with Gasteiger partial charge in [0.05, 0.1) is 11.6 Å². The van der Waals surface area contributed by atoms with E-state index in [1.807, 2.05) is 0 Å². The van der Waals surface area contributed by atoms with Crippen molar-refractivity contribution in [2.75, 3.05) is 12.3 Å². The van der Waals surface area contributed by atoms with Crippen LogP contribution in [-0.2, 0) is 4.74 Å². The number of anilines is 1. The Morgan fingerprint density at radius 1 is 1.24 bits per heavy atom. The first-order chi connectivity index (χ1) is 10.0. The fraction of sp³-hybridized carbons (Fsp3) is 0.133. The van der Waals surface area contributed by atoms with Gasteiger partial charge in [0.25, 0.3) is 0 Å². The van der Waals surface area contributed by atoms with Gasteiger partial charge in [-0.25, -0.2) is 9.18 Å². The number of esters is 1. The number of halogens is 2. The average molecular weight is 310 g/mol. The molecule has 0 spiro atoms. The molecule has 0 aromatic heterocycles. The minimum Gasteiger partial charge on any atom is -0.462 e. The monoisotopic (exact) mass is 309 g/mol. The summed E-state index contributed by atoms with van der Waals surface area (Å²) in [6.07, 6.45) is 0. The number of nitrogen functional groups attached to an aromatic ring is 1. The van der Waals surface area contributed by atoms with Gasteiger partial charge in [0.2, 0.25) is 0 Å². The van der Waals surface area contributed by atoms with E-state index in [-0.39, 0.29) is 28.7 Å². The Morgan fingerprint density at radius 2 is 2.00 bits per heavy atom. The molecule has 4 nitrogen and oxygen atoms in total. The zero-order valence-corrected chi connectivity index (χ0v) is 12.0. The fourth-order valence-electron chi connectivity index (χ4n) is 1.68. The maximum atomic E-state index is 13.4. The van der Waals surface area contributed by atoms with Gasteiger partial charge in [0, 0.05) is 11.8 Å². The number of ether oxygens (including phenoxy) is 2. The van der Waals surface area contributed by atoms with Crippen molar-refractivity contribution in [2.45, 2.75) is 6.92 Å². The van der Waals surface area contributed by atoms with Crippen molar-refractivity contribution in [3.63, 3.8) is 0 Å². The highest BCUT2D eigenvalue weighted by Crippen LogP contribution is 2.33. The van der Waals surface area contributed by atoms with Crippen LogP contribution in [0.4, 0.5) is 10.1 Å². The molecular weight excluding hydrogens is 297 g/mol. The van der Waals surface area contributed by atoms with E-state index in [2.05, 4.69) is 0 Å². The molecule has 0 amide bonds. The quantitative estimate of drug-likeness (QED) is 0.684. The second-order valence-electron chi connectivity index (χ2n) is 4.15. The standard InChI is InChI=1S/C15H13ClFNO3/c1-2-20-15(19)11-5-3-9(17)7-14(11)21-13-6-4-10(18)8-12(13)16/h3-8H,2,18H2,1H3. The SMILES string of the molecule is CCOC(=O)c1ccc(F)cc1Oc1ccc(N)cc1Cl. The van der Waals surface area contributed by atoms with Crippen molar-refractivity contribution in [3.8, 4) is 11.5 Å². The Kier molecular flexibility index (Phi) is 4.65. The van der Waals surface area contributed by atoms with Gasteiger partial charge >= 0.3 is 5.97 Å². The highest BCUT2D eigenvalue weighted by atomic mass is 35.5. The van der Waals surface area contributed by atoms with Crippen LogP contribution in [0.25, 0.3) is 0 Å².